The number of unbranched alkanes of at least 4 members (excludes halogenated alkanes) is 3. The number of ether oxygens (including phenoxy) is 1. The quantitative estimate of drug-likeness (QED) is 0.217. The van der Waals surface area contributed by atoms with E-state index in [9.17, 15) is 14.4 Å². The zero-order valence-corrected chi connectivity index (χ0v) is 17.1. The maximum atomic E-state index is 12.3. The van der Waals surface area contributed by atoms with Gasteiger partial charge in [0.25, 0.3) is 0 Å². The Morgan fingerprint density at radius 2 is 1.92 bits per heavy atom. The molecule has 1 unspecified atom stereocenters. The van der Waals surface area contributed by atoms with Crippen LogP contribution in [0.4, 0.5) is 0 Å². The molecule has 0 N–H and O–H groups in total. The van der Waals surface area contributed by atoms with Gasteiger partial charge < -0.3 is 4.74 Å². The summed E-state index contributed by atoms with van der Waals surface area (Å²) in [5, 5.41) is 0.0728. The van der Waals surface area contributed by atoms with Gasteiger partial charge in [-0.05, 0) is 38.0 Å². The van der Waals surface area contributed by atoms with E-state index in [4.69, 9.17) is 0 Å². The normalized spacial score (nSPS) is 22.9. The predicted molar refractivity (Wildman–Crippen MR) is 107 cm³/mol. The van der Waals surface area contributed by atoms with E-state index in [1.807, 2.05) is 12.2 Å². The second kappa shape index (κ2) is 13.1. The fourth-order valence-corrected chi connectivity index (χ4v) is 4.10. The lowest BCUT2D eigenvalue weighted by molar-refractivity contribution is -0.140. The molecular weight excluding hydrogens is 348 g/mol. The topological polar surface area (TPSA) is 60.4 Å². The van der Waals surface area contributed by atoms with Crippen molar-refractivity contribution in [3.05, 3.63) is 12.2 Å². The molecule has 0 aliphatic heterocycles. The van der Waals surface area contributed by atoms with Crippen LogP contribution in [0.15, 0.2) is 12.2 Å². The molecule has 0 bridgehead atoms. The minimum Gasteiger partial charge on any atom is -0.469 e. The summed E-state index contributed by atoms with van der Waals surface area (Å²) in [6.45, 7) is 2.13. The molecule has 0 aromatic heterocycles. The largest absolute Gasteiger partial charge is 0.469 e. The van der Waals surface area contributed by atoms with Crippen LogP contribution in [0.1, 0.15) is 77.6 Å². The molecule has 0 aromatic carbocycles. The van der Waals surface area contributed by atoms with Gasteiger partial charge >= 0.3 is 5.97 Å². The van der Waals surface area contributed by atoms with Crippen LogP contribution in [0.25, 0.3) is 0 Å². The van der Waals surface area contributed by atoms with Crippen LogP contribution in [0.3, 0.4) is 0 Å². The van der Waals surface area contributed by atoms with E-state index in [0.717, 1.165) is 38.5 Å². The SMILES string of the molecule is CCCCCC(=O)CCC1[C@H](S)CC(=O)[C@@H]1CC=CCCCC(=O)OC. The van der Waals surface area contributed by atoms with E-state index >= 15 is 0 Å². The van der Waals surface area contributed by atoms with Crippen LogP contribution in [0.2, 0.25) is 0 Å². The molecule has 148 valence electrons. The third-order valence-corrected chi connectivity index (χ3v) is 5.75. The molecule has 0 heterocycles. The highest BCUT2D eigenvalue weighted by atomic mass is 32.1. The number of ketones is 2. The van der Waals surface area contributed by atoms with Crippen molar-refractivity contribution in [2.24, 2.45) is 11.8 Å². The maximum Gasteiger partial charge on any atom is 0.305 e. The van der Waals surface area contributed by atoms with Crippen LogP contribution in [0.5, 0.6) is 0 Å². The lowest BCUT2D eigenvalue weighted by Crippen LogP contribution is -2.19. The van der Waals surface area contributed by atoms with Crippen molar-refractivity contribution in [1.82, 2.24) is 0 Å². The van der Waals surface area contributed by atoms with Crippen molar-refractivity contribution >= 4 is 30.2 Å². The summed E-state index contributed by atoms with van der Waals surface area (Å²) < 4.78 is 4.61. The zero-order valence-electron chi connectivity index (χ0n) is 16.2. The lowest BCUT2D eigenvalue weighted by Gasteiger charge is -2.20. The van der Waals surface area contributed by atoms with Crippen LogP contribution in [0, 0.1) is 11.8 Å². The van der Waals surface area contributed by atoms with E-state index < -0.39 is 0 Å². The number of rotatable bonds is 13. The molecule has 0 saturated heterocycles. The van der Waals surface area contributed by atoms with Gasteiger partial charge in [0.2, 0.25) is 0 Å². The monoisotopic (exact) mass is 382 g/mol. The number of methoxy groups -OCH3 is 1. The second-order valence-corrected chi connectivity index (χ2v) is 7.88. The Hall–Kier alpha value is -1.10. The molecule has 0 amide bonds. The highest BCUT2D eigenvalue weighted by Gasteiger charge is 2.39. The lowest BCUT2D eigenvalue weighted by atomic mass is 9.87. The van der Waals surface area contributed by atoms with Gasteiger partial charge in [0.1, 0.15) is 11.6 Å². The number of carbonyl (C=O) groups excluding carboxylic acids is 3. The molecule has 26 heavy (non-hydrogen) atoms. The van der Waals surface area contributed by atoms with Gasteiger partial charge in [0.05, 0.1) is 7.11 Å². The first-order valence-electron chi connectivity index (χ1n) is 9.93. The van der Waals surface area contributed by atoms with Gasteiger partial charge in [0, 0.05) is 36.9 Å². The van der Waals surface area contributed by atoms with Crippen molar-refractivity contribution in [3.63, 3.8) is 0 Å². The van der Waals surface area contributed by atoms with Crippen molar-refractivity contribution in [1.29, 1.82) is 0 Å². The van der Waals surface area contributed by atoms with Crippen molar-refractivity contribution in [2.75, 3.05) is 7.11 Å². The van der Waals surface area contributed by atoms with Crippen molar-refractivity contribution in [2.45, 2.75) is 82.8 Å². The van der Waals surface area contributed by atoms with E-state index in [0.29, 0.717) is 37.9 Å². The summed E-state index contributed by atoms with van der Waals surface area (Å²) in [5.74, 6) is 0.576. The smallest absolute Gasteiger partial charge is 0.305 e. The Morgan fingerprint density at radius 3 is 2.62 bits per heavy atom. The summed E-state index contributed by atoms with van der Waals surface area (Å²) in [4.78, 5) is 35.3. The Morgan fingerprint density at radius 1 is 1.15 bits per heavy atom. The minimum atomic E-state index is -0.189. The van der Waals surface area contributed by atoms with Crippen LogP contribution in [-0.2, 0) is 19.1 Å². The van der Waals surface area contributed by atoms with E-state index in [1.165, 1.54) is 7.11 Å². The Balaban J connectivity index is 2.38. The van der Waals surface area contributed by atoms with Crippen LogP contribution in [-0.4, -0.2) is 29.9 Å². The first kappa shape index (κ1) is 22.9. The summed E-state index contributed by atoms with van der Waals surface area (Å²) in [6.07, 6.45) is 12.5. The Bertz CT molecular complexity index is 486. The predicted octanol–water partition coefficient (Wildman–Crippen LogP) is 4.71. The highest BCUT2D eigenvalue weighted by Crippen LogP contribution is 2.38. The molecule has 5 heteroatoms. The molecular formula is C21H34O4S. The van der Waals surface area contributed by atoms with Gasteiger partial charge in [-0.15, -0.1) is 0 Å². The molecule has 1 aliphatic rings. The zero-order chi connectivity index (χ0) is 19.4. The van der Waals surface area contributed by atoms with Crippen LogP contribution < -0.4 is 0 Å². The molecule has 1 aliphatic carbocycles. The van der Waals surface area contributed by atoms with Gasteiger partial charge in [-0.2, -0.15) is 12.6 Å². The van der Waals surface area contributed by atoms with Gasteiger partial charge in [-0.1, -0.05) is 31.9 Å². The first-order chi connectivity index (χ1) is 12.5. The fourth-order valence-electron chi connectivity index (χ4n) is 3.57. The van der Waals surface area contributed by atoms with Gasteiger partial charge in [0.15, 0.2) is 0 Å². The molecule has 0 aromatic rings. The average Bonchev–Trinajstić information content (AvgIpc) is 2.89. The molecule has 4 nitrogen and oxygen atoms in total. The maximum absolute atomic E-state index is 12.3. The van der Waals surface area contributed by atoms with E-state index in [-0.39, 0.29) is 28.8 Å². The standard InChI is InChI=1S/C21H34O4S/c1-3-4-7-10-16(22)13-14-18-17(19(23)15-20(18)26)11-8-5-6-9-12-21(24)25-2/h5,8,17-18,20,26H,3-4,6-7,9-15H2,1-2H3/t17-,18?,20-/m1/s1. The number of carbonyl (C=O) groups is 3. The summed E-state index contributed by atoms with van der Waals surface area (Å²) in [7, 11) is 1.40. The number of hydrogen-bond donors (Lipinski definition) is 1. The first-order valence-corrected chi connectivity index (χ1v) is 10.5. The van der Waals surface area contributed by atoms with Crippen LogP contribution >= 0.6 is 12.6 Å². The van der Waals surface area contributed by atoms with Crippen molar-refractivity contribution < 1.29 is 19.1 Å². The number of Topliss-reactive ketones (excluding diaryl/α,β-unsaturated/α-hetero) is 2. The van der Waals surface area contributed by atoms with E-state index in [1.54, 1.807) is 0 Å². The second-order valence-electron chi connectivity index (χ2n) is 7.22. The number of hydrogen-bond acceptors (Lipinski definition) is 5. The fraction of sp³-hybridized carbons (Fsp3) is 0.762. The third-order valence-electron chi connectivity index (χ3n) is 5.19. The third kappa shape index (κ3) is 8.52. The number of thiol groups is 1. The molecule has 1 rings (SSSR count). The highest BCUT2D eigenvalue weighted by molar-refractivity contribution is 7.81. The molecule has 0 radical (unpaired) electrons. The molecule has 1 saturated carbocycles. The van der Waals surface area contributed by atoms with Crippen molar-refractivity contribution in [3.8, 4) is 0 Å². The molecule has 3 atom stereocenters. The average molecular weight is 383 g/mol. The van der Waals surface area contributed by atoms with E-state index in [2.05, 4.69) is 24.3 Å². The number of allylic oxidation sites excluding steroid dienone is 2. The van der Waals surface area contributed by atoms with Gasteiger partial charge in [-0.3, -0.25) is 14.4 Å². The minimum absolute atomic E-state index is 0.0159. The number of esters is 1. The summed E-state index contributed by atoms with van der Waals surface area (Å²) in [6, 6.07) is 0. The molecule has 1 fully saturated rings. The van der Waals surface area contributed by atoms with Gasteiger partial charge in [-0.25, -0.2) is 0 Å². The Kier molecular flexibility index (Phi) is 11.6. The summed E-state index contributed by atoms with van der Waals surface area (Å²) in [5.41, 5.74) is 0. The summed E-state index contributed by atoms with van der Waals surface area (Å²) >= 11 is 4.60. The molecule has 0 spiro atoms. The Labute approximate surface area is 163 Å².